The number of carbonyl (C=O) groups is 2. The zero-order valence-electron chi connectivity index (χ0n) is 16.3. The molecule has 0 aliphatic carbocycles. The third-order valence-electron chi connectivity index (χ3n) is 4.93. The van der Waals surface area contributed by atoms with Gasteiger partial charge in [-0.25, -0.2) is 0 Å². The molecule has 0 atom stereocenters. The van der Waals surface area contributed by atoms with Gasteiger partial charge in [-0.15, -0.1) is 0 Å². The fourth-order valence-corrected chi connectivity index (χ4v) is 3.24. The Bertz CT molecular complexity index is 825. The van der Waals surface area contributed by atoms with Gasteiger partial charge in [0.25, 0.3) is 0 Å². The summed E-state index contributed by atoms with van der Waals surface area (Å²) in [6, 6.07) is 17.8. The van der Waals surface area contributed by atoms with Crippen molar-refractivity contribution in [2.75, 3.05) is 38.0 Å². The highest BCUT2D eigenvalue weighted by molar-refractivity contribution is 6.03. The summed E-state index contributed by atoms with van der Waals surface area (Å²) in [4.78, 5) is 28.7. The Kier molecular flexibility index (Phi) is 6.98. The van der Waals surface area contributed by atoms with Crippen LogP contribution >= 0.6 is 0 Å². The van der Waals surface area contributed by atoms with Crippen LogP contribution < -0.4 is 5.32 Å². The Morgan fingerprint density at radius 2 is 1.64 bits per heavy atom. The molecule has 2 aromatic carbocycles. The van der Waals surface area contributed by atoms with Crippen molar-refractivity contribution in [1.29, 1.82) is 0 Å². The van der Waals surface area contributed by atoms with Crippen molar-refractivity contribution in [2.24, 2.45) is 0 Å². The number of nitrogens with zero attached hydrogens (tertiary/aromatic N) is 2. The van der Waals surface area contributed by atoms with Gasteiger partial charge in [-0.3, -0.25) is 14.5 Å². The number of piperazine rings is 1. The van der Waals surface area contributed by atoms with Crippen LogP contribution in [0.5, 0.6) is 0 Å². The van der Waals surface area contributed by atoms with Crippen molar-refractivity contribution < 1.29 is 9.59 Å². The lowest BCUT2D eigenvalue weighted by Crippen LogP contribution is -2.49. The van der Waals surface area contributed by atoms with Crippen molar-refractivity contribution in [2.45, 2.75) is 13.3 Å². The van der Waals surface area contributed by atoms with Gasteiger partial charge < -0.3 is 10.2 Å². The predicted molar refractivity (Wildman–Crippen MR) is 113 cm³/mol. The molecule has 1 N–H and O–H groups in total. The Morgan fingerprint density at radius 3 is 2.36 bits per heavy atom. The molecular formula is C23H27N3O2. The number of para-hydroxylation sites is 1. The smallest absolute Gasteiger partial charge is 0.233 e. The molecule has 1 fully saturated rings. The minimum atomic E-state index is -0.257. The summed E-state index contributed by atoms with van der Waals surface area (Å²) in [6.07, 6.45) is 4.16. The molecule has 0 aromatic heterocycles. The first kappa shape index (κ1) is 19.8. The zero-order valence-corrected chi connectivity index (χ0v) is 16.3. The monoisotopic (exact) mass is 377 g/mol. The van der Waals surface area contributed by atoms with Crippen LogP contribution in [0.1, 0.15) is 17.5 Å². The second-order valence-corrected chi connectivity index (χ2v) is 7.03. The molecule has 3 rings (SSSR count). The number of hydrogen-bond acceptors (Lipinski definition) is 3. The Balaban J connectivity index is 1.40. The van der Waals surface area contributed by atoms with E-state index in [1.165, 1.54) is 5.56 Å². The SMILES string of the molecule is Cc1ccccc1NC(=O)CC(=O)N1CCN(C/C=C/c2ccccc2)CC1. The lowest BCUT2D eigenvalue weighted by molar-refractivity contribution is -0.136. The number of benzene rings is 2. The molecule has 0 unspecified atom stereocenters. The first-order valence-electron chi connectivity index (χ1n) is 9.69. The molecule has 5 heteroatoms. The number of aryl methyl sites for hydroxylation is 1. The van der Waals surface area contributed by atoms with Crippen LogP contribution in [0, 0.1) is 6.92 Å². The van der Waals surface area contributed by atoms with Crippen molar-refractivity contribution in [3.8, 4) is 0 Å². The average molecular weight is 377 g/mol. The predicted octanol–water partition coefficient (Wildman–Crippen LogP) is 3.18. The van der Waals surface area contributed by atoms with Gasteiger partial charge >= 0.3 is 0 Å². The summed E-state index contributed by atoms with van der Waals surface area (Å²) in [6.45, 7) is 5.77. The largest absolute Gasteiger partial charge is 0.340 e. The summed E-state index contributed by atoms with van der Waals surface area (Å²) in [5, 5.41) is 2.83. The topological polar surface area (TPSA) is 52.7 Å². The number of nitrogens with one attached hydrogen (secondary N) is 1. The van der Waals surface area contributed by atoms with E-state index < -0.39 is 0 Å². The number of amides is 2. The molecule has 1 aliphatic heterocycles. The summed E-state index contributed by atoms with van der Waals surface area (Å²) >= 11 is 0. The number of carbonyl (C=O) groups excluding carboxylic acids is 2. The average Bonchev–Trinajstić information content (AvgIpc) is 2.71. The van der Waals surface area contributed by atoms with E-state index in [1.807, 2.05) is 49.4 Å². The Morgan fingerprint density at radius 1 is 0.964 bits per heavy atom. The summed E-state index contributed by atoms with van der Waals surface area (Å²) in [7, 11) is 0. The molecule has 1 heterocycles. The Labute approximate surface area is 166 Å². The maximum atomic E-state index is 12.4. The van der Waals surface area contributed by atoms with Gasteiger partial charge in [0.2, 0.25) is 11.8 Å². The first-order chi connectivity index (χ1) is 13.6. The highest BCUT2D eigenvalue weighted by atomic mass is 16.2. The van der Waals surface area contributed by atoms with E-state index in [0.29, 0.717) is 13.1 Å². The van der Waals surface area contributed by atoms with Crippen LogP contribution in [0.4, 0.5) is 5.69 Å². The van der Waals surface area contributed by atoms with Gasteiger partial charge in [0, 0.05) is 38.4 Å². The summed E-state index contributed by atoms with van der Waals surface area (Å²) in [5.74, 6) is -0.363. The van der Waals surface area contributed by atoms with E-state index in [1.54, 1.807) is 4.90 Å². The third kappa shape index (κ3) is 5.79. The van der Waals surface area contributed by atoms with Crippen LogP contribution in [0.3, 0.4) is 0 Å². The molecule has 0 radical (unpaired) electrons. The van der Waals surface area contributed by atoms with Crippen molar-refractivity contribution in [3.05, 3.63) is 71.8 Å². The van der Waals surface area contributed by atoms with Gasteiger partial charge in [0.05, 0.1) is 0 Å². The third-order valence-corrected chi connectivity index (χ3v) is 4.93. The van der Waals surface area contributed by atoms with Gasteiger partial charge in [-0.1, -0.05) is 60.7 Å². The van der Waals surface area contributed by atoms with Crippen LogP contribution in [0.15, 0.2) is 60.7 Å². The van der Waals surface area contributed by atoms with E-state index >= 15 is 0 Å². The summed E-state index contributed by atoms with van der Waals surface area (Å²) < 4.78 is 0. The number of rotatable bonds is 6. The van der Waals surface area contributed by atoms with E-state index in [4.69, 9.17) is 0 Å². The molecule has 0 saturated carbocycles. The highest BCUT2D eigenvalue weighted by Crippen LogP contribution is 2.14. The molecule has 28 heavy (non-hydrogen) atoms. The fraction of sp³-hybridized carbons (Fsp3) is 0.304. The molecule has 2 amide bonds. The molecule has 5 nitrogen and oxygen atoms in total. The van der Waals surface area contributed by atoms with Gasteiger partial charge in [-0.05, 0) is 24.1 Å². The lowest BCUT2D eigenvalue weighted by Gasteiger charge is -2.34. The lowest BCUT2D eigenvalue weighted by atomic mass is 10.2. The number of hydrogen-bond donors (Lipinski definition) is 1. The molecular weight excluding hydrogens is 350 g/mol. The van der Waals surface area contributed by atoms with Gasteiger partial charge in [0.15, 0.2) is 0 Å². The Hall–Kier alpha value is -2.92. The van der Waals surface area contributed by atoms with E-state index in [-0.39, 0.29) is 18.2 Å². The summed E-state index contributed by atoms with van der Waals surface area (Å²) in [5.41, 5.74) is 2.94. The normalized spacial score (nSPS) is 15.0. The second-order valence-electron chi connectivity index (χ2n) is 7.03. The quantitative estimate of drug-likeness (QED) is 0.787. The van der Waals surface area contributed by atoms with E-state index in [0.717, 1.165) is 30.9 Å². The first-order valence-corrected chi connectivity index (χ1v) is 9.69. The zero-order chi connectivity index (χ0) is 19.8. The van der Waals surface area contributed by atoms with E-state index in [9.17, 15) is 9.59 Å². The van der Waals surface area contributed by atoms with Crippen LogP contribution in [-0.2, 0) is 9.59 Å². The highest BCUT2D eigenvalue weighted by Gasteiger charge is 2.22. The molecule has 1 saturated heterocycles. The standard InChI is InChI=1S/C23H27N3O2/c1-19-8-5-6-12-21(19)24-22(27)18-23(28)26-16-14-25(15-17-26)13-7-11-20-9-3-2-4-10-20/h2-12H,13-18H2,1H3,(H,24,27)/b11-7+. The van der Waals surface area contributed by atoms with Gasteiger partial charge in [-0.2, -0.15) is 0 Å². The minimum absolute atomic E-state index is 0.106. The maximum absolute atomic E-state index is 12.4. The van der Waals surface area contributed by atoms with Crippen molar-refractivity contribution >= 4 is 23.6 Å². The maximum Gasteiger partial charge on any atom is 0.233 e. The van der Waals surface area contributed by atoms with Crippen molar-refractivity contribution in [1.82, 2.24) is 9.80 Å². The minimum Gasteiger partial charge on any atom is -0.340 e. The molecule has 1 aliphatic rings. The molecule has 0 spiro atoms. The molecule has 0 bridgehead atoms. The van der Waals surface area contributed by atoms with E-state index in [2.05, 4.69) is 34.5 Å². The molecule has 2 aromatic rings. The van der Waals surface area contributed by atoms with Crippen molar-refractivity contribution in [3.63, 3.8) is 0 Å². The molecule has 146 valence electrons. The van der Waals surface area contributed by atoms with Gasteiger partial charge in [0.1, 0.15) is 6.42 Å². The van der Waals surface area contributed by atoms with Crippen LogP contribution in [-0.4, -0.2) is 54.3 Å². The fourth-order valence-electron chi connectivity index (χ4n) is 3.24. The van der Waals surface area contributed by atoms with Crippen LogP contribution in [0.2, 0.25) is 0 Å². The van der Waals surface area contributed by atoms with Crippen LogP contribution in [0.25, 0.3) is 6.08 Å². The second kappa shape index (κ2) is 9.85. The number of anilines is 1.